The van der Waals surface area contributed by atoms with Crippen molar-refractivity contribution in [2.75, 3.05) is 26.7 Å². The highest BCUT2D eigenvalue weighted by Gasteiger charge is 2.18. The van der Waals surface area contributed by atoms with E-state index in [1.54, 1.807) is 0 Å². The lowest BCUT2D eigenvalue weighted by Gasteiger charge is -2.23. The number of likely N-dealkylation sites (N-methyl/N-ethyl adjacent to an activating group) is 1. The second kappa shape index (κ2) is 7.65. The van der Waals surface area contributed by atoms with E-state index in [2.05, 4.69) is 30.3 Å². The SMILES string of the molecule is CCCNC(C#N)CN(C)CC1CCCC1. The number of hydrogen-bond acceptors (Lipinski definition) is 3. The van der Waals surface area contributed by atoms with Crippen molar-refractivity contribution < 1.29 is 0 Å². The molecular formula is C13H25N3. The summed E-state index contributed by atoms with van der Waals surface area (Å²) in [7, 11) is 2.14. The Labute approximate surface area is 99.8 Å². The molecule has 0 heterocycles. The second-order valence-corrected chi connectivity index (χ2v) is 5.01. The van der Waals surface area contributed by atoms with Gasteiger partial charge in [-0.2, -0.15) is 5.26 Å². The molecule has 1 saturated carbocycles. The molecule has 0 aromatic rings. The second-order valence-electron chi connectivity index (χ2n) is 5.01. The van der Waals surface area contributed by atoms with Gasteiger partial charge in [-0.3, -0.25) is 0 Å². The van der Waals surface area contributed by atoms with Crippen molar-refractivity contribution >= 4 is 0 Å². The molecule has 0 aromatic heterocycles. The predicted molar refractivity (Wildman–Crippen MR) is 67.1 cm³/mol. The molecule has 3 nitrogen and oxygen atoms in total. The average molecular weight is 223 g/mol. The molecule has 1 unspecified atom stereocenters. The summed E-state index contributed by atoms with van der Waals surface area (Å²) in [5, 5.41) is 12.3. The van der Waals surface area contributed by atoms with E-state index < -0.39 is 0 Å². The molecule has 0 aliphatic heterocycles. The molecule has 16 heavy (non-hydrogen) atoms. The maximum absolute atomic E-state index is 9.02. The fourth-order valence-corrected chi connectivity index (χ4v) is 2.49. The number of nitrogens with zero attached hydrogens (tertiary/aromatic N) is 2. The maximum atomic E-state index is 9.02. The fraction of sp³-hybridized carbons (Fsp3) is 0.923. The summed E-state index contributed by atoms with van der Waals surface area (Å²) in [5.74, 6) is 0.871. The Hall–Kier alpha value is -0.590. The van der Waals surface area contributed by atoms with Crippen LogP contribution in [0.1, 0.15) is 39.0 Å². The first-order valence-electron chi connectivity index (χ1n) is 6.57. The van der Waals surface area contributed by atoms with E-state index in [1.807, 2.05) is 0 Å². The third-order valence-electron chi connectivity index (χ3n) is 3.34. The van der Waals surface area contributed by atoms with Gasteiger partial charge in [0.1, 0.15) is 6.04 Å². The Morgan fingerprint density at radius 3 is 2.69 bits per heavy atom. The summed E-state index contributed by atoms with van der Waals surface area (Å²) in [6, 6.07) is 2.33. The Balaban J connectivity index is 2.19. The van der Waals surface area contributed by atoms with Gasteiger partial charge >= 0.3 is 0 Å². The van der Waals surface area contributed by atoms with Gasteiger partial charge in [-0.15, -0.1) is 0 Å². The third kappa shape index (κ3) is 4.96. The molecule has 1 atom stereocenters. The van der Waals surface area contributed by atoms with E-state index in [-0.39, 0.29) is 6.04 Å². The molecular weight excluding hydrogens is 198 g/mol. The van der Waals surface area contributed by atoms with Gasteiger partial charge in [-0.1, -0.05) is 19.8 Å². The molecule has 0 aromatic carbocycles. The minimum Gasteiger partial charge on any atom is -0.303 e. The highest BCUT2D eigenvalue weighted by Crippen LogP contribution is 2.25. The number of rotatable bonds is 7. The van der Waals surface area contributed by atoms with Gasteiger partial charge in [0.25, 0.3) is 0 Å². The van der Waals surface area contributed by atoms with Crippen molar-refractivity contribution in [2.45, 2.75) is 45.1 Å². The van der Waals surface area contributed by atoms with Gasteiger partial charge in [0.15, 0.2) is 0 Å². The summed E-state index contributed by atoms with van der Waals surface area (Å²) in [6.07, 6.45) is 6.64. The third-order valence-corrected chi connectivity index (χ3v) is 3.34. The summed E-state index contributed by atoms with van der Waals surface area (Å²) in [5.41, 5.74) is 0. The molecule has 1 rings (SSSR count). The lowest BCUT2D eigenvalue weighted by atomic mass is 10.1. The molecule has 0 radical (unpaired) electrons. The molecule has 1 N–H and O–H groups in total. The van der Waals surface area contributed by atoms with Crippen LogP contribution < -0.4 is 5.32 Å². The van der Waals surface area contributed by atoms with Crippen LogP contribution >= 0.6 is 0 Å². The van der Waals surface area contributed by atoms with Crippen molar-refractivity contribution in [1.29, 1.82) is 5.26 Å². The van der Waals surface area contributed by atoms with Gasteiger partial charge in [-0.25, -0.2) is 0 Å². The van der Waals surface area contributed by atoms with Crippen LogP contribution in [-0.2, 0) is 0 Å². The summed E-state index contributed by atoms with van der Waals surface area (Å²) in [6.45, 7) is 5.08. The van der Waals surface area contributed by atoms with Gasteiger partial charge in [0, 0.05) is 13.1 Å². The van der Waals surface area contributed by atoms with Crippen LogP contribution in [0.5, 0.6) is 0 Å². The normalized spacial score (nSPS) is 18.9. The van der Waals surface area contributed by atoms with Crippen LogP contribution in [0.4, 0.5) is 0 Å². The lowest BCUT2D eigenvalue weighted by molar-refractivity contribution is 0.263. The standard InChI is InChI=1S/C13H25N3/c1-3-8-15-13(9-14)11-16(2)10-12-6-4-5-7-12/h12-13,15H,3-8,10-11H2,1-2H3. The van der Waals surface area contributed by atoms with Crippen LogP contribution in [0.2, 0.25) is 0 Å². The minimum absolute atomic E-state index is 0.00801. The van der Waals surface area contributed by atoms with Crippen molar-refractivity contribution in [2.24, 2.45) is 5.92 Å². The van der Waals surface area contributed by atoms with E-state index in [1.165, 1.54) is 25.7 Å². The zero-order chi connectivity index (χ0) is 11.8. The van der Waals surface area contributed by atoms with Crippen LogP contribution in [0.25, 0.3) is 0 Å². The van der Waals surface area contributed by atoms with Crippen LogP contribution in [-0.4, -0.2) is 37.6 Å². The number of hydrogen-bond donors (Lipinski definition) is 1. The molecule has 1 aliphatic carbocycles. The van der Waals surface area contributed by atoms with E-state index >= 15 is 0 Å². The highest BCUT2D eigenvalue weighted by molar-refractivity contribution is 4.91. The topological polar surface area (TPSA) is 39.1 Å². The molecule has 1 aliphatic rings. The maximum Gasteiger partial charge on any atom is 0.108 e. The first-order valence-corrected chi connectivity index (χ1v) is 6.57. The van der Waals surface area contributed by atoms with Crippen molar-refractivity contribution in [3.8, 4) is 6.07 Å². The Morgan fingerprint density at radius 1 is 1.44 bits per heavy atom. The Morgan fingerprint density at radius 2 is 2.12 bits per heavy atom. The van der Waals surface area contributed by atoms with Gasteiger partial charge in [0.2, 0.25) is 0 Å². The first kappa shape index (κ1) is 13.5. The predicted octanol–water partition coefficient (Wildman–Crippen LogP) is 2.00. The lowest BCUT2D eigenvalue weighted by Crippen LogP contribution is -2.40. The van der Waals surface area contributed by atoms with Crippen LogP contribution in [0.15, 0.2) is 0 Å². The van der Waals surface area contributed by atoms with E-state index in [4.69, 9.17) is 5.26 Å². The van der Waals surface area contributed by atoms with Gasteiger partial charge < -0.3 is 10.2 Å². The molecule has 0 amide bonds. The molecule has 3 heteroatoms. The quantitative estimate of drug-likeness (QED) is 0.717. The van der Waals surface area contributed by atoms with E-state index in [0.29, 0.717) is 0 Å². The molecule has 1 fully saturated rings. The largest absolute Gasteiger partial charge is 0.303 e. The van der Waals surface area contributed by atoms with Crippen molar-refractivity contribution in [3.05, 3.63) is 0 Å². The first-order chi connectivity index (χ1) is 7.76. The molecule has 0 spiro atoms. The van der Waals surface area contributed by atoms with Crippen molar-refractivity contribution in [1.82, 2.24) is 10.2 Å². The molecule has 0 saturated heterocycles. The van der Waals surface area contributed by atoms with E-state index in [9.17, 15) is 0 Å². The average Bonchev–Trinajstić information content (AvgIpc) is 2.76. The fourth-order valence-electron chi connectivity index (χ4n) is 2.49. The Bertz CT molecular complexity index is 216. The number of nitriles is 1. The van der Waals surface area contributed by atoms with Crippen molar-refractivity contribution in [3.63, 3.8) is 0 Å². The summed E-state index contributed by atoms with van der Waals surface area (Å²) >= 11 is 0. The summed E-state index contributed by atoms with van der Waals surface area (Å²) < 4.78 is 0. The number of nitrogens with one attached hydrogen (secondary N) is 1. The van der Waals surface area contributed by atoms with Gasteiger partial charge in [0.05, 0.1) is 6.07 Å². The zero-order valence-corrected chi connectivity index (χ0v) is 10.7. The van der Waals surface area contributed by atoms with E-state index in [0.717, 1.165) is 32.0 Å². The summed E-state index contributed by atoms with van der Waals surface area (Å²) in [4.78, 5) is 2.31. The Kier molecular flexibility index (Phi) is 6.44. The van der Waals surface area contributed by atoms with Gasteiger partial charge in [-0.05, 0) is 38.8 Å². The minimum atomic E-state index is -0.00801. The zero-order valence-electron chi connectivity index (χ0n) is 10.7. The smallest absolute Gasteiger partial charge is 0.108 e. The highest BCUT2D eigenvalue weighted by atomic mass is 15.1. The molecule has 92 valence electrons. The van der Waals surface area contributed by atoms with Crippen LogP contribution in [0, 0.1) is 17.2 Å². The molecule has 0 bridgehead atoms. The van der Waals surface area contributed by atoms with Crippen LogP contribution in [0.3, 0.4) is 0 Å². The monoisotopic (exact) mass is 223 g/mol.